The Kier molecular flexibility index (Phi) is 3.48. The van der Waals surface area contributed by atoms with Crippen molar-refractivity contribution in [3.05, 3.63) is 36.7 Å². The van der Waals surface area contributed by atoms with Crippen LogP contribution in [0.15, 0.2) is 36.7 Å². The maximum absolute atomic E-state index is 12.5. The number of anilines is 1. The van der Waals surface area contributed by atoms with Gasteiger partial charge in [-0.1, -0.05) is 17.3 Å². The third-order valence-corrected chi connectivity index (χ3v) is 3.11. The first-order valence-electron chi connectivity index (χ1n) is 7.06. The molecule has 22 heavy (non-hydrogen) atoms. The van der Waals surface area contributed by atoms with Crippen LogP contribution in [0.25, 0.3) is 0 Å². The monoisotopic (exact) mass is 302 g/mol. The molecule has 7 nitrogen and oxygen atoms in total. The van der Waals surface area contributed by atoms with Crippen molar-refractivity contribution in [2.45, 2.75) is 32.6 Å². The van der Waals surface area contributed by atoms with Crippen molar-refractivity contribution in [3.63, 3.8) is 0 Å². The minimum Gasteiger partial charge on any atom is -0.465 e. The average Bonchev–Trinajstić information content (AvgIpc) is 2.98. The molecule has 2 aromatic rings. The summed E-state index contributed by atoms with van der Waals surface area (Å²) in [5, 5.41) is 7.72. The van der Waals surface area contributed by atoms with Gasteiger partial charge in [-0.2, -0.15) is 0 Å². The van der Waals surface area contributed by atoms with E-state index in [0.29, 0.717) is 18.0 Å². The Morgan fingerprint density at radius 3 is 2.82 bits per heavy atom. The normalized spacial score (nSPS) is 17.6. The number of hydrogen-bond donors (Lipinski definition) is 0. The highest BCUT2D eigenvalue weighted by molar-refractivity contribution is 5.90. The Morgan fingerprint density at radius 2 is 2.14 bits per heavy atom. The number of rotatable bonds is 1. The molecule has 0 radical (unpaired) electrons. The van der Waals surface area contributed by atoms with Gasteiger partial charge >= 0.3 is 6.09 Å². The predicted molar refractivity (Wildman–Crippen MR) is 79.7 cm³/mol. The second kappa shape index (κ2) is 5.32. The quantitative estimate of drug-likeness (QED) is 0.810. The van der Waals surface area contributed by atoms with Crippen LogP contribution in [0.2, 0.25) is 0 Å². The summed E-state index contributed by atoms with van der Waals surface area (Å²) >= 11 is 0. The zero-order chi connectivity index (χ0) is 15.7. The van der Waals surface area contributed by atoms with Gasteiger partial charge in [-0.15, -0.1) is 5.10 Å². The van der Waals surface area contributed by atoms with Crippen LogP contribution in [0.1, 0.15) is 27.0 Å². The van der Waals surface area contributed by atoms with Gasteiger partial charge in [-0.25, -0.2) is 9.48 Å². The molecule has 3 rings (SSSR count). The molecule has 1 aliphatic heterocycles. The number of para-hydroxylation sites is 2. The third kappa shape index (κ3) is 2.88. The van der Waals surface area contributed by atoms with Gasteiger partial charge in [0.25, 0.3) is 0 Å². The SMILES string of the molecule is CC(C)(C)OC(=O)N1CC(n2ccnn2)Oc2ccccc21. The Hall–Kier alpha value is -2.57. The molecule has 1 amide bonds. The lowest BCUT2D eigenvalue weighted by Gasteiger charge is -2.35. The molecule has 1 aromatic heterocycles. The van der Waals surface area contributed by atoms with E-state index in [0.717, 1.165) is 0 Å². The molecule has 116 valence electrons. The van der Waals surface area contributed by atoms with Crippen LogP contribution in [0.4, 0.5) is 10.5 Å². The molecule has 0 N–H and O–H groups in total. The van der Waals surface area contributed by atoms with Gasteiger partial charge in [0.2, 0.25) is 6.23 Å². The molecule has 1 aliphatic rings. The van der Waals surface area contributed by atoms with Crippen molar-refractivity contribution >= 4 is 11.8 Å². The maximum Gasteiger partial charge on any atom is 0.415 e. The summed E-state index contributed by atoms with van der Waals surface area (Å²) in [5.74, 6) is 0.611. The number of carbonyl (C=O) groups excluding carboxylic acids is 1. The fraction of sp³-hybridized carbons (Fsp3) is 0.400. The highest BCUT2D eigenvalue weighted by Gasteiger charge is 2.33. The summed E-state index contributed by atoms with van der Waals surface area (Å²) in [5.41, 5.74) is 0.126. The number of nitrogens with zero attached hydrogens (tertiary/aromatic N) is 4. The number of amides is 1. The van der Waals surface area contributed by atoms with Crippen LogP contribution < -0.4 is 9.64 Å². The smallest absolute Gasteiger partial charge is 0.415 e. The zero-order valence-electron chi connectivity index (χ0n) is 12.8. The lowest BCUT2D eigenvalue weighted by Crippen LogP contribution is -2.44. The number of carbonyl (C=O) groups is 1. The van der Waals surface area contributed by atoms with Crippen molar-refractivity contribution < 1.29 is 14.3 Å². The van der Waals surface area contributed by atoms with Gasteiger partial charge in [0.15, 0.2) is 0 Å². The van der Waals surface area contributed by atoms with Crippen LogP contribution in [0.5, 0.6) is 5.75 Å². The van der Waals surface area contributed by atoms with Gasteiger partial charge in [-0.3, -0.25) is 4.90 Å². The van der Waals surface area contributed by atoms with Gasteiger partial charge in [0, 0.05) is 6.20 Å². The Bertz CT molecular complexity index is 664. The van der Waals surface area contributed by atoms with E-state index in [4.69, 9.17) is 9.47 Å². The highest BCUT2D eigenvalue weighted by atomic mass is 16.6. The van der Waals surface area contributed by atoms with Crippen molar-refractivity contribution in [1.29, 1.82) is 0 Å². The summed E-state index contributed by atoms with van der Waals surface area (Å²) in [6.07, 6.45) is 2.42. The first-order chi connectivity index (χ1) is 10.4. The molecule has 0 spiro atoms. The van der Waals surface area contributed by atoms with E-state index in [1.807, 2.05) is 45.0 Å². The first kappa shape index (κ1) is 14.4. The van der Waals surface area contributed by atoms with E-state index in [-0.39, 0.29) is 0 Å². The summed E-state index contributed by atoms with van der Waals surface area (Å²) < 4.78 is 13.0. The number of fused-ring (bicyclic) bond motifs is 1. The molecule has 0 saturated heterocycles. The molecule has 7 heteroatoms. The van der Waals surface area contributed by atoms with E-state index in [2.05, 4.69) is 10.3 Å². The minimum absolute atomic E-state index is 0.301. The third-order valence-electron chi connectivity index (χ3n) is 3.11. The number of benzene rings is 1. The van der Waals surface area contributed by atoms with Crippen LogP contribution in [0, 0.1) is 0 Å². The van der Waals surface area contributed by atoms with Crippen LogP contribution in [-0.4, -0.2) is 33.2 Å². The van der Waals surface area contributed by atoms with Gasteiger partial charge in [0.1, 0.15) is 11.4 Å². The molecule has 0 bridgehead atoms. The molecule has 0 fully saturated rings. The maximum atomic E-state index is 12.5. The summed E-state index contributed by atoms with van der Waals surface area (Å²) in [6.45, 7) is 5.82. The standard InChI is InChI=1S/C15H18N4O3/c1-15(2,3)22-14(20)18-10-13(19-9-8-16-17-19)21-12-7-5-4-6-11(12)18/h4-9,13H,10H2,1-3H3. The van der Waals surface area contributed by atoms with E-state index < -0.39 is 17.9 Å². The molecule has 1 aromatic carbocycles. The summed E-state index contributed by atoms with van der Waals surface area (Å²) in [6, 6.07) is 7.36. The van der Waals surface area contributed by atoms with Crippen LogP contribution >= 0.6 is 0 Å². The second-order valence-corrected chi connectivity index (χ2v) is 6.01. The highest BCUT2D eigenvalue weighted by Crippen LogP contribution is 2.36. The molecule has 0 aliphatic carbocycles. The van der Waals surface area contributed by atoms with E-state index in [9.17, 15) is 4.79 Å². The van der Waals surface area contributed by atoms with Crippen molar-refractivity contribution in [2.24, 2.45) is 0 Å². The van der Waals surface area contributed by atoms with Crippen molar-refractivity contribution in [2.75, 3.05) is 11.4 Å². The second-order valence-electron chi connectivity index (χ2n) is 6.01. The predicted octanol–water partition coefficient (Wildman–Crippen LogP) is 2.61. The Labute approximate surface area is 128 Å². The van der Waals surface area contributed by atoms with Crippen molar-refractivity contribution in [3.8, 4) is 5.75 Å². The number of hydrogen-bond acceptors (Lipinski definition) is 5. The molecular weight excluding hydrogens is 284 g/mol. The molecular formula is C15H18N4O3. The van der Waals surface area contributed by atoms with Gasteiger partial charge < -0.3 is 9.47 Å². The van der Waals surface area contributed by atoms with E-state index in [1.165, 1.54) is 0 Å². The number of aromatic nitrogens is 3. The molecule has 1 unspecified atom stereocenters. The van der Waals surface area contributed by atoms with Gasteiger partial charge in [0.05, 0.1) is 18.4 Å². The van der Waals surface area contributed by atoms with Crippen molar-refractivity contribution in [1.82, 2.24) is 15.0 Å². The Morgan fingerprint density at radius 1 is 1.36 bits per heavy atom. The van der Waals surface area contributed by atoms with E-state index in [1.54, 1.807) is 22.0 Å². The topological polar surface area (TPSA) is 69.5 Å². The lowest BCUT2D eigenvalue weighted by molar-refractivity contribution is 0.0499. The van der Waals surface area contributed by atoms with Crippen LogP contribution in [0.3, 0.4) is 0 Å². The minimum atomic E-state index is -0.562. The van der Waals surface area contributed by atoms with Crippen LogP contribution in [-0.2, 0) is 4.74 Å². The largest absolute Gasteiger partial charge is 0.465 e. The molecule has 1 atom stereocenters. The average molecular weight is 302 g/mol. The Balaban J connectivity index is 1.92. The van der Waals surface area contributed by atoms with E-state index >= 15 is 0 Å². The zero-order valence-corrected chi connectivity index (χ0v) is 12.8. The first-order valence-corrected chi connectivity index (χ1v) is 7.06. The lowest BCUT2D eigenvalue weighted by atomic mass is 10.2. The molecule has 0 saturated carbocycles. The summed E-state index contributed by atoms with van der Waals surface area (Å²) in [7, 11) is 0. The number of ether oxygens (including phenoxy) is 2. The fourth-order valence-corrected chi connectivity index (χ4v) is 2.22. The summed E-state index contributed by atoms with van der Waals surface area (Å²) in [4.78, 5) is 14.1. The van der Waals surface area contributed by atoms with Gasteiger partial charge in [-0.05, 0) is 32.9 Å². The fourth-order valence-electron chi connectivity index (χ4n) is 2.22. The molecule has 2 heterocycles.